The SMILES string of the molecule is CNC(=O)CCN(C)c1ccc(CO)cc1C(F)(F)F. The van der Waals surface area contributed by atoms with E-state index in [9.17, 15) is 18.0 Å². The first-order valence-corrected chi connectivity index (χ1v) is 6.02. The predicted molar refractivity (Wildman–Crippen MR) is 69.3 cm³/mol. The van der Waals surface area contributed by atoms with Crippen LogP contribution in [0.2, 0.25) is 0 Å². The average molecular weight is 290 g/mol. The summed E-state index contributed by atoms with van der Waals surface area (Å²) in [6, 6.07) is 3.66. The number of hydrogen-bond acceptors (Lipinski definition) is 3. The van der Waals surface area contributed by atoms with E-state index in [-0.39, 0.29) is 30.1 Å². The number of carbonyl (C=O) groups excluding carboxylic acids is 1. The molecule has 0 aromatic heterocycles. The minimum absolute atomic E-state index is 0.0152. The van der Waals surface area contributed by atoms with Gasteiger partial charge in [-0.2, -0.15) is 13.2 Å². The number of amides is 1. The van der Waals surface area contributed by atoms with Crippen LogP contribution in [0.25, 0.3) is 0 Å². The van der Waals surface area contributed by atoms with E-state index in [1.54, 1.807) is 0 Å². The van der Waals surface area contributed by atoms with Gasteiger partial charge in [0.25, 0.3) is 0 Å². The van der Waals surface area contributed by atoms with Crippen molar-refractivity contribution >= 4 is 11.6 Å². The van der Waals surface area contributed by atoms with Crippen LogP contribution >= 0.6 is 0 Å². The smallest absolute Gasteiger partial charge is 0.392 e. The first-order chi connectivity index (χ1) is 9.29. The molecule has 0 saturated heterocycles. The third-order valence-electron chi connectivity index (χ3n) is 2.91. The van der Waals surface area contributed by atoms with Crippen molar-refractivity contribution in [2.75, 3.05) is 25.5 Å². The van der Waals surface area contributed by atoms with Crippen molar-refractivity contribution < 1.29 is 23.1 Å². The summed E-state index contributed by atoms with van der Waals surface area (Å²) in [6.45, 7) is -0.285. The van der Waals surface area contributed by atoms with E-state index in [2.05, 4.69) is 5.32 Å². The second-order valence-electron chi connectivity index (χ2n) is 4.35. The first kappa shape index (κ1) is 16.3. The standard InChI is InChI=1S/C13H17F3N2O2/c1-17-12(20)5-6-18(2)11-4-3-9(8-19)7-10(11)13(14,15)16/h3-4,7,19H,5-6,8H2,1-2H3,(H,17,20). The van der Waals surface area contributed by atoms with E-state index in [0.717, 1.165) is 6.07 Å². The molecule has 0 aliphatic rings. The molecule has 0 unspecified atom stereocenters. The number of alkyl halides is 3. The molecule has 0 atom stereocenters. The highest BCUT2D eigenvalue weighted by Crippen LogP contribution is 2.37. The summed E-state index contributed by atoms with van der Waals surface area (Å²) in [5.74, 6) is -0.239. The highest BCUT2D eigenvalue weighted by molar-refractivity contribution is 5.76. The molecule has 0 bridgehead atoms. The average Bonchev–Trinajstić information content (AvgIpc) is 2.42. The van der Waals surface area contributed by atoms with E-state index in [4.69, 9.17) is 5.11 Å². The molecule has 4 nitrogen and oxygen atoms in total. The van der Waals surface area contributed by atoms with Gasteiger partial charge in [-0.25, -0.2) is 0 Å². The number of carbonyl (C=O) groups is 1. The molecule has 0 fully saturated rings. The van der Waals surface area contributed by atoms with Crippen molar-refractivity contribution in [2.45, 2.75) is 19.2 Å². The van der Waals surface area contributed by atoms with Gasteiger partial charge in [-0.3, -0.25) is 4.79 Å². The largest absolute Gasteiger partial charge is 0.418 e. The number of aliphatic hydroxyl groups is 1. The molecule has 0 saturated carbocycles. The normalized spacial score (nSPS) is 11.3. The Kier molecular flexibility index (Phi) is 5.38. The molecular formula is C13H17F3N2O2. The Morgan fingerprint density at radius 1 is 1.40 bits per heavy atom. The van der Waals surface area contributed by atoms with Crippen molar-refractivity contribution in [1.82, 2.24) is 5.32 Å². The third-order valence-corrected chi connectivity index (χ3v) is 2.91. The zero-order valence-corrected chi connectivity index (χ0v) is 11.3. The fourth-order valence-corrected chi connectivity index (χ4v) is 1.76. The summed E-state index contributed by atoms with van der Waals surface area (Å²) < 4.78 is 39.0. The lowest BCUT2D eigenvalue weighted by molar-refractivity contribution is -0.137. The van der Waals surface area contributed by atoms with E-state index >= 15 is 0 Å². The fraction of sp³-hybridized carbons (Fsp3) is 0.462. The number of anilines is 1. The highest BCUT2D eigenvalue weighted by Gasteiger charge is 2.34. The van der Waals surface area contributed by atoms with E-state index in [0.29, 0.717) is 0 Å². The lowest BCUT2D eigenvalue weighted by Gasteiger charge is -2.23. The van der Waals surface area contributed by atoms with Crippen molar-refractivity contribution in [3.63, 3.8) is 0 Å². The van der Waals surface area contributed by atoms with Crippen LogP contribution in [0.3, 0.4) is 0 Å². The van der Waals surface area contributed by atoms with Gasteiger partial charge in [-0.15, -0.1) is 0 Å². The molecule has 0 heterocycles. The second kappa shape index (κ2) is 6.60. The van der Waals surface area contributed by atoms with E-state index < -0.39 is 18.3 Å². The monoisotopic (exact) mass is 290 g/mol. The molecule has 1 aromatic rings. The van der Waals surface area contributed by atoms with Crippen molar-refractivity contribution in [1.29, 1.82) is 0 Å². The summed E-state index contributed by atoms with van der Waals surface area (Å²) in [5, 5.41) is 11.3. The number of nitrogens with one attached hydrogen (secondary N) is 1. The lowest BCUT2D eigenvalue weighted by Crippen LogP contribution is -2.28. The number of hydrogen-bond donors (Lipinski definition) is 2. The summed E-state index contributed by atoms with van der Waals surface area (Å²) >= 11 is 0. The van der Waals surface area contributed by atoms with Crippen LogP contribution in [-0.2, 0) is 17.6 Å². The van der Waals surface area contributed by atoms with Gasteiger partial charge >= 0.3 is 6.18 Å². The molecule has 20 heavy (non-hydrogen) atoms. The molecule has 0 aliphatic carbocycles. The van der Waals surface area contributed by atoms with Crippen molar-refractivity contribution in [3.05, 3.63) is 29.3 Å². The quantitative estimate of drug-likeness (QED) is 0.869. The van der Waals surface area contributed by atoms with E-state index in [1.807, 2.05) is 0 Å². The summed E-state index contributed by atoms with van der Waals surface area (Å²) in [5.41, 5.74) is -0.636. The topological polar surface area (TPSA) is 52.6 Å². The number of benzene rings is 1. The van der Waals surface area contributed by atoms with Gasteiger partial charge in [0.2, 0.25) is 5.91 Å². The number of halogens is 3. The fourth-order valence-electron chi connectivity index (χ4n) is 1.76. The predicted octanol–water partition coefficient (Wildman–Crippen LogP) is 1.77. The van der Waals surface area contributed by atoms with Crippen LogP contribution in [0.5, 0.6) is 0 Å². The Morgan fingerprint density at radius 3 is 2.55 bits per heavy atom. The Hall–Kier alpha value is -1.76. The molecular weight excluding hydrogens is 273 g/mol. The Bertz CT molecular complexity index is 475. The van der Waals surface area contributed by atoms with Crippen LogP contribution in [0, 0.1) is 0 Å². The Labute approximate surface area is 115 Å². The van der Waals surface area contributed by atoms with Gasteiger partial charge < -0.3 is 15.3 Å². The number of aliphatic hydroxyl groups excluding tert-OH is 1. The zero-order chi connectivity index (χ0) is 15.3. The van der Waals surface area contributed by atoms with E-state index in [1.165, 1.54) is 31.1 Å². The molecule has 0 aliphatic heterocycles. The Morgan fingerprint density at radius 2 is 2.05 bits per heavy atom. The van der Waals surface area contributed by atoms with Crippen LogP contribution in [0.1, 0.15) is 17.5 Å². The lowest BCUT2D eigenvalue weighted by atomic mass is 10.1. The van der Waals surface area contributed by atoms with Crippen LogP contribution in [-0.4, -0.2) is 31.7 Å². The van der Waals surface area contributed by atoms with Gasteiger partial charge in [0.15, 0.2) is 0 Å². The van der Waals surface area contributed by atoms with Gasteiger partial charge in [-0.1, -0.05) is 6.07 Å². The molecule has 0 radical (unpaired) electrons. The van der Waals surface area contributed by atoms with Crippen molar-refractivity contribution in [2.24, 2.45) is 0 Å². The van der Waals surface area contributed by atoms with Gasteiger partial charge in [0.1, 0.15) is 0 Å². The number of rotatable bonds is 5. The maximum absolute atomic E-state index is 13.0. The molecule has 0 spiro atoms. The Balaban J connectivity index is 3.01. The number of nitrogens with zero attached hydrogens (tertiary/aromatic N) is 1. The summed E-state index contributed by atoms with van der Waals surface area (Å²) in [7, 11) is 2.96. The highest BCUT2D eigenvalue weighted by atomic mass is 19.4. The molecule has 7 heteroatoms. The summed E-state index contributed by atoms with van der Waals surface area (Å²) in [4.78, 5) is 12.5. The third kappa shape index (κ3) is 4.12. The minimum Gasteiger partial charge on any atom is -0.392 e. The maximum Gasteiger partial charge on any atom is 0.418 e. The first-order valence-electron chi connectivity index (χ1n) is 6.02. The maximum atomic E-state index is 13.0. The van der Waals surface area contributed by atoms with Crippen molar-refractivity contribution in [3.8, 4) is 0 Å². The second-order valence-corrected chi connectivity index (χ2v) is 4.35. The van der Waals surface area contributed by atoms with Crippen LogP contribution in [0.15, 0.2) is 18.2 Å². The van der Waals surface area contributed by atoms with Gasteiger partial charge in [-0.05, 0) is 17.7 Å². The molecule has 112 valence electrons. The summed E-state index contributed by atoms with van der Waals surface area (Å²) in [6.07, 6.45) is -4.41. The van der Waals surface area contributed by atoms with Gasteiger partial charge in [0.05, 0.1) is 12.2 Å². The molecule has 1 aromatic carbocycles. The molecule has 1 amide bonds. The molecule has 1 rings (SSSR count). The van der Waals surface area contributed by atoms with Crippen LogP contribution < -0.4 is 10.2 Å². The van der Waals surface area contributed by atoms with Crippen LogP contribution in [0.4, 0.5) is 18.9 Å². The van der Waals surface area contributed by atoms with Gasteiger partial charge in [0, 0.05) is 32.7 Å². The zero-order valence-electron chi connectivity index (χ0n) is 11.3. The molecule has 2 N–H and O–H groups in total. The minimum atomic E-state index is -4.51.